The molecule has 0 atom stereocenters. The van der Waals surface area contributed by atoms with E-state index in [0.717, 1.165) is 12.8 Å². The van der Waals surface area contributed by atoms with Gasteiger partial charge in [-0.1, -0.05) is 12.8 Å². The third kappa shape index (κ3) is 2.57. The van der Waals surface area contributed by atoms with Crippen LogP contribution in [0.3, 0.4) is 0 Å². The molecule has 2 rings (SSSR count). The molecule has 0 amide bonds. The Morgan fingerprint density at radius 2 is 2.18 bits per heavy atom. The number of nitrogens with one attached hydrogen (secondary N) is 1. The minimum absolute atomic E-state index is 0.0746. The quantitative estimate of drug-likeness (QED) is 0.646. The van der Waals surface area contributed by atoms with Crippen molar-refractivity contribution in [2.24, 2.45) is 0 Å². The van der Waals surface area contributed by atoms with E-state index >= 15 is 0 Å². The second-order valence-electron chi connectivity index (χ2n) is 4.82. The van der Waals surface area contributed by atoms with E-state index in [4.69, 9.17) is 0 Å². The molecule has 94 valence electrons. The molecule has 1 fully saturated rings. The molecule has 1 aliphatic carbocycles. The highest BCUT2D eigenvalue weighted by Gasteiger charge is 2.24. The summed E-state index contributed by atoms with van der Waals surface area (Å²) in [5.74, 6) is 0.413. The van der Waals surface area contributed by atoms with Gasteiger partial charge in [0.2, 0.25) is 5.82 Å². The van der Waals surface area contributed by atoms with E-state index in [-0.39, 0.29) is 16.7 Å². The third-order valence-corrected chi connectivity index (χ3v) is 3.13. The van der Waals surface area contributed by atoms with Crippen LogP contribution in [0, 0.1) is 10.1 Å². The molecule has 1 heterocycles. The summed E-state index contributed by atoms with van der Waals surface area (Å²) in [5, 5.41) is 18.4. The number of nitrogens with zero attached hydrogens (tertiary/aromatic N) is 3. The molecule has 6 heteroatoms. The van der Waals surface area contributed by atoms with Crippen LogP contribution in [0.4, 0.5) is 11.5 Å². The van der Waals surface area contributed by atoms with Crippen molar-refractivity contribution in [3.8, 4) is 0 Å². The average molecular weight is 238 g/mol. The van der Waals surface area contributed by atoms with Crippen LogP contribution in [0.15, 0.2) is 6.20 Å². The Bertz CT molecular complexity index is 408. The first-order valence-electron chi connectivity index (χ1n) is 6.08. The lowest BCUT2D eigenvalue weighted by atomic mass is 10.2. The lowest BCUT2D eigenvalue weighted by molar-refractivity contribution is -0.384. The number of hydrogen-bond acceptors (Lipinski definition) is 4. The molecule has 0 spiro atoms. The van der Waals surface area contributed by atoms with Crippen LogP contribution >= 0.6 is 0 Å². The van der Waals surface area contributed by atoms with Gasteiger partial charge in [-0.3, -0.25) is 14.8 Å². The van der Waals surface area contributed by atoms with Gasteiger partial charge in [0.25, 0.3) is 0 Å². The Balaban J connectivity index is 2.20. The van der Waals surface area contributed by atoms with Crippen molar-refractivity contribution < 1.29 is 4.92 Å². The smallest absolute Gasteiger partial charge is 0.330 e. The summed E-state index contributed by atoms with van der Waals surface area (Å²) in [6.45, 7) is 3.91. The monoisotopic (exact) mass is 238 g/mol. The van der Waals surface area contributed by atoms with E-state index in [9.17, 15) is 10.1 Å². The van der Waals surface area contributed by atoms with Gasteiger partial charge in [0.05, 0.1) is 4.92 Å². The first-order chi connectivity index (χ1) is 8.08. The zero-order valence-electron chi connectivity index (χ0n) is 10.2. The van der Waals surface area contributed by atoms with Gasteiger partial charge < -0.3 is 5.32 Å². The SMILES string of the molecule is CC(C)n1cc([N+](=O)[O-])c(NC2CCCC2)n1. The van der Waals surface area contributed by atoms with Crippen LogP contribution in [-0.4, -0.2) is 20.7 Å². The lowest BCUT2D eigenvalue weighted by Crippen LogP contribution is -2.16. The first-order valence-corrected chi connectivity index (χ1v) is 6.08. The molecule has 1 N–H and O–H groups in total. The minimum atomic E-state index is -0.372. The average Bonchev–Trinajstić information content (AvgIpc) is 2.87. The summed E-state index contributed by atoms with van der Waals surface area (Å²) in [6, 6.07) is 0.469. The van der Waals surface area contributed by atoms with Crippen molar-refractivity contribution in [3.05, 3.63) is 16.3 Å². The second kappa shape index (κ2) is 4.73. The Hall–Kier alpha value is -1.59. The van der Waals surface area contributed by atoms with Crippen LogP contribution in [0.25, 0.3) is 0 Å². The largest absolute Gasteiger partial charge is 0.360 e. The third-order valence-electron chi connectivity index (χ3n) is 3.13. The summed E-state index contributed by atoms with van der Waals surface area (Å²) in [4.78, 5) is 10.6. The van der Waals surface area contributed by atoms with Crippen molar-refractivity contribution in [1.29, 1.82) is 0 Å². The fourth-order valence-electron chi connectivity index (χ4n) is 2.15. The molecule has 0 radical (unpaired) electrons. The van der Waals surface area contributed by atoms with Gasteiger partial charge in [-0.25, -0.2) is 0 Å². The van der Waals surface area contributed by atoms with E-state index in [2.05, 4.69) is 10.4 Å². The molecule has 0 aliphatic heterocycles. The Kier molecular flexibility index (Phi) is 3.31. The van der Waals surface area contributed by atoms with Crippen molar-refractivity contribution in [1.82, 2.24) is 9.78 Å². The number of nitro groups is 1. The summed E-state index contributed by atoms with van der Waals surface area (Å²) in [7, 11) is 0. The number of rotatable bonds is 4. The van der Waals surface area contributed by atoms with Gasteiger partial charge in [-0.2, -0.15) is 0 Å². The summed E-state index contributed by atoms with van der Waals surface area (Å²) in [6.07, 6.45) is 6.03. The molecular weight excluding hydrogens is 220 g/mol. The molecule has 6 nitrogen and oxygen atoms in total. The van der Waals surface area contributed by atoms with Crippen molar-refractivity contribution >= 4 is 11.5 Å². The van der Waals surface area contributed by atoms with E-state index in [1.54, 1.807) is 4.68 Å². The fraction of sp³-hybridized carbons (Fsp3) is 0.727. The van der Waals surface area contributed by atoms with Crippen LogP contribution in [0.1, 0.15) is 45.6 Å². The standard InChI is InChI=1S/C11H18N4O2/c1-8(2)14-7-10(15(16)17)11(13-14)12-9-5-3-4-6-9/h7-9H,3-6H2,1-2H3,(H,12,13). The molecular formula is C11H18N4O2. The highest BCUT2D eigenvalue weighted by molar-refractivity contribution is 5.55. The lowest BCUT2D eigenvalue weighted by Gasteiger charge is -2.10. The highest BCUT2D eigenvalue weighted by atomic mass is 16.6. The molecule has 0 saturated heterocycles. The maximum absolute atomic E-state index is 10.9. The molecule has 1 aromatic rings. The molecule has 1 aliphatic rings. The zero-order chi connectivity index (χ0) is 12.4. The van der Waals surface area contributed by atoms with Crippen molar-refractivity contribution in [2.75, 3.05) is 5.32 Å². The Morgan fingerprint density at radius 3 is 2.71 bits per heavy atom. The maximum atomic E-state index is 10.9. The topological polar surface area (TPSA) is 73.0 Å². The highest BCUT2D eigenvalue weighted by Crippen LogP contribution is 2.28. The van der Waals surface area contributed by atoms with E-state index < -0.39 is 0 Å². The summed E-state index contributed by atoms with van der Waals surface area (Å²) < 4.78 is 1.63. The zero-order valence-corrected chi connectivity index (χ0v) is 10.2. The summed E-state index contributed by atoms with van der Waals surface area (Å²) >= 11 is 0. The Labute approximate surface area is 100 Å². The van der Waals surface area contributed by atoms with Gasteiger partial charge in [0.15, 0.2) is 0 Å². The van der Waals surface area contributed by atoms with Gasteiger partial charge in [0.1, 0.15) is 6.20 Å². The number of aromatic nitrogens is 2. The van der Waals surface area contributed by atoms with Gasteiger partial charge in [0, 0.05) is 12.1 Å². The Morgan fingerprint density at radius 1 is 1.53 bits per heavy atom. The van der Waals surface area contributed by atoms with Crippen LogP contribution in [-0.2, 0) is 0 Å². The second-order valence-corrected chi connectivity index (χ2v) is 4.82. The van der Waals surface area contributed by atoms with E-state index in [1.165, 1.54) is 19.0 Å². The van der Waals surface area contributed by atoms with Crippen LogP contribution < -0.4 is 5.32 Å². The molecule has 1 saturated carbocycles. The van der Waals surface area contributed by atoms with E-state index in [0.29, 0.717) is 11.9 Å². The molecule has 1 aromatic heterocycles. The van der Waals surface area contributed by atoms with E-state index in [1.807, 2.05) is 13.8 Å². The van der Waals surface area contributed by atoms with Gasteiger partial charge in [-0.15, -0.1) is 5.10 Å². The van der Waals surface area contributed by atoms with Crippen LogP contribution in [0.5, 0.6) is 0 Å². The van der Waals surface area contributed by atoms with Gasteiger partial charge >= 0.3 is 5.69 Å². The molecule has 0 aromatic carbocycles. The predicted octanol–water partition coefficient (Wildman–Crippen LogP) is 2.73. The number of anilines is 1. The molecule has 0 unspecified atom stereocenters. The normalized spacial score (nSPS) is 16.6. The maximum Gasteiger partial charge on any atom is 0.330 e. The van der Waals surface area contributed by atoms with Crippen molar-refractivity contribution in [3.63, 3.8) is 0 Å². The summed E-state index contributed by atoms with van der Waals surface area (Å²) in [5.41, 5.74) is 0.0746. The molecule has 0 bridgehead atoms. The predicted molar refractivity (Wildman–Crippen MR) is 65.1 cm³/mol. The van der Waals surface area contributed by atoms with Crippen molar-refractivity contribution in [2.45, 2.75) is 51.6 Å². The number of hydrogen-bond donors (Lipinski definition) is 1. The first kappa shape index (κ1) is 11.9. The van der Waals surface area contributed by atoms with Crippen LogP contribution in [0.2, 0.25) is 0 Å². The molecule has 17 heavy (non-hydrogen) atoms. The van der Waals surface area contributed by atoms with Gasteiger partial charge in [-0.05, 0) is 26.7 Å². The fourth-order valence-corrected chi connectivity index (χ4v) is 2.15. The minimum Gasteiger partial charge on any atom is -0.360 e.